The van der Waals surface area contributed by atoms with Crippen molar-refractivity contribution in [3.05, 3.63) is 62.5 Å². The molecular formula is C22H24N2O7. The molecule has 1 aromatic carbocycles. The first kappa shape index (κ1) is 22.2. The molecule has 0 unspecified atom stereocenters. The largest absolute Gasteiger partial charge is 0.468 e. The summed E-state index contributed by atoms with van der Waals surface area (Å²) in [6, 6.07) is 5.80. The number of methoxy groups -OCH3 is 1. The zero-order valence-electron chi connectivity index (χ0n) is 17.8. The van der Waals surface area contributed by atoms with Crippen LogP contribution < -0.4 is 5.32 Å². The van der Waals surface area contributed by atoms with Gasteiger partial charge in [0.05, 0.1) is 24.2 Å². The summed E-state index contributed by atoms with van der Waals surface area (Å²) in [6.07, 6.45) is 0.389. The molecule has 0 radical (unpaired) electrons. The number of rotatable bonds is 5. The van der Waals surface area contributed by atoms with E-state index in [0.717, 1.165) is 0 Å². The molecule has 1 aromatic rings. The SMILES string of the molecule is CCOC(=O)C1=C(C)NC2=C(C(=O)[C@@H](C(=O)OC)[C@@H](C)C2)[C@H]1c1cccc([N+](=O)[O-])c1. The highest BCUT2D eigenvalue weighted by molar-refractivity contribution is 6.12. The number of esters is 2. The zero-order chi connectivity index (χ0) is 22.9. The van der Waals surface area contributed by atoms with E-state index < -0.39 is 34.5 Å². The van der Waals surface area contributed by atoms with Crippen LogP contribution in [0.1, 0.15) is 38.7 Å². The molecule has 164 valence electrons. The van der Waals surface area contributed by atoms with Crippen molar-refractivity contribution in [2.75, 3.05) is 13.7 Å². The van der Waals surface area contributed by atoms with Gasteiger partial charge in [-0.2, -0.15) is 0 Å². The van der Waals surface area contributed by atoms with Gasteiger partial charge in [-0.25, -0.2) is 4.79 Å². The van der Waals surface area contributed by atoms with Gasteiger partial charge in [-0.05, 0) is 31.7 Å². The molecule has 9 nitrogen and oxygen atoms in total. The number of ketones is 1. The van der Waals surface area contributed by atoms with Crippen molar-refractivity contribution in [2.24, 2.45) is 11.8 Å². The third-order valence-corrected chi connectivity index (χ3v) is 5.65. The van der Waals surface area contributed by atoms with E-state index in [1.54, 1.807) is 26.8 Å². The number of carbonyl (C=O) groups is 3. The third-order valence-electron chi connectivity index (χ3n) is 5.65. The molecule has 3 atom stereocenters. The number of carbonyl (C=O) groups excluding carboxylic acids is 3. The summed E-state index contributed by atoms with van der Waals surface area (Å²) in [6.45, 7) is 5.27. The highest BCUT2D eigenvalue weighted by Gasteiger charge is 2.47. The van der Waals surface area contributed by atoms with Crippen molar-refractivity contribution in [3.63, 3.8) is 0 Å². The molecule has 0 aromatic heterocycles. The van der Waals surface area contributed by atoms with E-state index in [1.807, 2.05) is 0 Å². The number of ether oxygens (including phenoxy) is 2. The number of benzene rings is 1. The summed E-state index contributed by atoms with van der Waals surface area (Å²) in [4.78, 5) is 49.5. The highest BCUT2D eigenvalue weighted by atomic mass is 16.6. The molecule has 0 amide bonds. The monoisotopic (exact) mass is 428 g/mol. The molecule has 1 aliphatic heterocycles. The lowest BCUT2D eigenvalue weighted by Gasteiger charge is -2.38. The second-order valence-electron chi connectivity index (χ2n) is 7.61. The number of nitro benzene ring substituents is 1. The Balaban J connectivity index is 2.22. The second kappa shape index (κ2) is 8.71. The van der Waals surface area contributed by atoms with Crippen molar-refractivity contribution in [1.29, 1.82) is 0 Å². The maximum absolute atomic E-state index is 13.5. The van der Waals surface area contributed by atoms with E-state index in [0.29, 0.717) is 23.4 Å². The fraction of sp³-hybridized carbons (Fsp3) is 0.409. The number of hydrogen-bond donors (Lipinski definition) is 1. The van der Waals surface area contributed by atoms with Crippen LogP contribution in [-0.2, 0) is 23.9 Å². The van der Waals surface area contributed by atoms with Gasteiger partial charge in [0.15, 0.2) is 5.78 Å². The van der Waals surface area contributed by atoms with Crippen LogP contribution >= 0.6 is 0 Å². The molecular weight excluding hydrogens is 404 g/mol. The van der Waals surface area contributed by atoms with Crippen LogP contribution in [0.25, 0.3) is 0 Å². The summed E-state index contributed by atoms with van der Waals surface area (Å²) in [7, 11) is 1.22. The molecule has 9 heteroatoms. The minimum atomic E-state index is -1.02. The molecule has 0 bridgehead atoms. The van der Waals surface area contributed by atoms with Crippen molar-refractivity contribution in [3.8, 4) is 0 Å². The average molecular weight is 428 g/mol. The van der Waals surface area contributed by atoms with Crippen molar-refractivity contribution in [2.45, 2.75) is 33.1 Å². The molecule has 2 aliphatic rings. The standard InChI is InChI=1S/C22H24N2O7/c1-5-31-22(27)17-12(3)23-15-9-11(2)16(21(26)30-4)20(25)19(15)18(17)13-7-6-8-14(10-13)24(28)29/h6-8,10-11,16,18,23H,5,9H2,1-4H3/t11-,16-,18-/m0/s1. The summed E-state index contributed by atoms with van der Waals surface area (Å²) in [5.41, 5.74) is 1.76. The van der Waals surface area contributed by atoms with Gasteiger partial charge in [0.25, 0.3) is 5.69 Å². The van der Waals surface area contributed by atoms with Gasteiger partial charge in [-0.1, -0.05) is 19.1 Å². The Labute approximate surface area is 179 Å². The van der Waals surface area contributed by atoms with Crippen LogP contribution in [0.15, 0.2) is 46.8 Å². The first-order chi connectivity index (χ1) is 14.7. The Morgan fingerprint density at radius 2 is 2.03 bits per heavy atom. The van der Waals surface area contributed by atoms with E-state index in [4.69, 9.17) is 9.47 Å². The summed E-state index contributed by atoms with van der Waals surface area (Å²) < 4.78 is 10.1. The minimum absolute atomic E-state index is 0.124. The average Bonchev–Trinajstić information content (AvgIpc) is 2.72. The number of nitrogens with zero attached hydrogens (tertiary/aromatic N) is 1. The first-order valence-electron chi connectivity index (χ1n) is 9.95. The van der Waals surface area contributed by atoms with Crippen LogP contribution in [-0.4, -0.2) is 36.4 Å². The lowest BCUT2D eigenvalue weighted by Crippen LogP contribution is -2.43. The van der Waals surface area contributed by atoms with Gasteiger partial charge >= 0.3 is 11.9 Å². The molecule has 0 saturated heterocycles. The quantitative estimate of drug-likeness (QED) is 0.328. The van der Waals surface area contributed by atoms with Crippen LogP contribution in [0.3, 0.4) is 0 Å². The van der Waals surface area contributed by atoms with Crippen LogP contribution in [0, 0.1) is 22.0 Å². The number of allylic oxidation sites excluding steroid dienone is 3. The maximum atomic E-state index is 13.5. The molecule has 0 saturated carbocycles. The Morgan fingerprint density at radius 1 is 1.32 bits per heavy atom. The Morgan fingerprint density at radius 3 is 2.65 bits per heavy atom. The Hall–Kier alpha value is -3.49. The van der Waals surface area contributed by atoms with Crippen molar-refractivity contribution < 1.29 is 28.8 Å². The fourth-order valence-corrected chi connectivity index (χ4v) is 4.31. The number of dihydropyridines is 1. The van der Waals surface area contributed by atoms with E-state index >= 15 is 0 Å². The van der Waals surface area contributed by atoms with Gasteiger partial charge in [0.1, 0.15) is 5.92 Å². The molecule has 3 rings (SSSR count). The molecule has 0 fully saturated rings. The maximum Gasteiger partial charge on any atom is 0.336 e. The zero-order valence-corrected chi connectivity index (χ0v) is 17.8. The first-order valence-corrected chi connectivity index (χ1v) is 9.95. The normalized spacial score (nSPS) is 23.1. The second-order valence-corrected chi connectivity index (χ2v) is 7.61. The summed E-state index contributed by atoms with van der Waals surface area (Å²) >= 11 is 0. The Kier molecular flexibility index (Phi) is 6.24. The number of nitrogens with one attached hydrogen (secondary N) is 1. The minimum Gasteiger partial charge on any atom is -0.468 e. The smallest absolute Gasteiger partial charge is 0.336 e. The fourth-order valence-electron chi connectivity index (χ4n) is 4.31. The Bertz CT molecular complexity index is 1020. The number of hydrogen-bond acceptors (Lipinski definition) is 8. The van der Waals surface area contributed by atoms with E-state index in [2.05, 4.69) is 5.32 Å². The molecule has 0 spiro atoms. The summed E-state index contributed by atoms with van der Waals surface area (Å²) in [5.74, 6) is -3.97. The van der Waals surface area contributed by atoms with Crippen LogP contribution in [0.4, 0.5) is 5.69 Å². The van der Waals surface area contributed by atoms with E-state index in [-0.39, 0.29) is 29.4 Å². The summed E-state index contributed by atoms with van der Waals surface area (Å²) in [5, 5.41) is 14.5. The van der Waals surface area contributed by atoms with Gasteiger partial charge in [-0.3, -0.25) is 19.7 Å². The lowest BCUT2D eigenvalue weighted by molar-refractivity contribution is -0.384. The number of nitro groups is 1. The molecule has 1 heterocycles. The predicted octanol–water partition coefficient (Wildman–Crippen LogP) is 2.77. The van der Waals surface area contributed by atoms with Gasteiger partial charge < -0.3 is 14.8 Å². The van der Waals surface area contributed by atoms with Crippen LogP contribution in [0.5, 0.6) is 0 Å². The highest BCUT2D eigenvalue weighted by Crippen LogP contribution is 2.45. The van der Waals surface area contributed by atoms with Crippen LogP contribution in [0.2, 0.25) is 0 Å². The molecule has 1 N–H and O–H groups in total. The number of non-ortho nitro benzene ring substituents is 1. The molecule has 1 aliphatic carbocycles. The third kappa shape index (κ3) is 3.95. The lowest BCUT2D eigenvalue weighted by atomic mass is 9.69. The number of Topliss-reactive ketones (excluding diaryl/α,β-unsaturated/α-hetero) is 1. The van der Waals surface area contributed by atoms with Gasteiger partial charge in [-0.15, -0.1) is 0 Å². The van der Waals surface area contributed by atoms with Gasteiger partial charge in [0, 0.05) is 35.0 Å². The predicted molar refractivity (Wildman–Crippen MR) is 110 cm³/mol. The van der Waals surface area contributed by atoms with Crippen molar-refractivity contribution >= 4 is 23.4 Å². The topological polar surface area (TPSA) is 125 Å². The van der Waals surface area contributed by atoms with Gasteiger partial charge in [0.2, 0.25) is 0 Å². The van der Waals surface area contributed by atoms with Crippen molar-refractivity contribution in [1.82, 2.24) is 5.32 Å². The van der Waals surface area contributed by atoms with E-state index in [1.165, 1.54) is 25.3 Å². The molecule has 31 heavy (non-hydrogen) atoms. The van der Waals surface area contributed by atoms with E-state index in [9.17, 15) is 24.5 Å².